The lowest BCUT2D eigenvalue weighted by Crippen LogP contribution is -1.80. The van der Waals surface area contributed by atoms with Gasteiger partial charge in [-0.05, 0) is 24.3 Å². The summed E-state index contributed by atoms with van der Waals surface area (Å²) in [5, 5.41) is 5.06. The smallest absolute Gasteiger partial charge is 0.167 e. The molecule has 4 rings (SSSR count). The highest BCUT2D eigenvalue weighted by atomic mass is 16.5. The van der Waals surface area contributed by atoms with E-state index in [0.29, 0.717) is 0 Å². The Balaban J connectivity index is 2.01. The summed E-state index contributed by atoms with van der Waals surface area (Å²) in [6.45, 7) is 0. The molecule has 0 amide bonds. The Bertz CT molecular complexity index is 811. The van der Waals surface area contributed by atoms with Crippen LogP contribution >= 0.6 is 0 Å². The number of rotatable bonds is 1. The molecule has 0 unspecified atom stereocenters. The first-order valence-corrected chi connectivity index (χ1v) is 5.71. The van der Waals surface area contributed by atoms with Gasteiger partial charge in [-0.3, -0.25) is 0 Å². The van der Waals surface area contributed by atoms with E-state index in [1.165, 1.54) is 0 Å². The number of nitrogens with zero attached hydrogens (tertiary/aromatic N) is 2. The molecule has 0 spiro atoms. The highest BCUT2D eigenvalue weighted by Gasteiger charge is 2.13. The number of imidazole rings is 1. The van der Waals surface area contributed by atoms with Crippen LogP contribution in [-0.2, 0) is 0 Å². The summed E-state index contributed by atoms with van der Waals surface area (Å²) in [6, 6.07) is 15.7. The quantitative estimate of drug-likeness (QED) is 0.550. The van der Waals surface area contributed by atoms with Gasteiger partial charge >= 0.3 is 0 Å². The molecular formula is C14H9N3O. The standard InChI is InChI=1S/C14H9N3O/c1-4-8-12-9(5-1)13(17-18-12)14-15-10-6-2-3-7-11(10)16-14/h1-8H,(H,15,16). The molecule has 0 bridgehead atoms. The van der Waals surface area contributed by atoms with Crippen molar-refractivity contribution < 1.29 is 4.52 Å². The van der Waals surface area contributed by atoms with Crippen LogP contribution in [0, 0.1) is 0 Å². The molecule has 2 heterocycles. The van der Waals surface area contributed by atoms with Crippen LogP contribution in [0.25, 0.3) is 33.5 Å². The highest BCUT2D eigenvalue weighted by molar-refractivity contribution is 5.91. The molecule has 0 saturated heterocycles. The van der Waals surface area contributed by atoms with Crippen LogP contribution in [0.5, 0.6) is 0 Å². The molecule has 86 valence electrons. The Morgan fingerprint density at radius 2 is 1.78 bits per heavy atom. The van der Waals surface area contributed by atoms with Crippen LogP contribution in [0.4, 0.5) is 0 Å². The van der Waals surface area contributed by atoms with Crippen molar-refractivity contribution in [2.45, 2.75) is 0 Å². The molecule has 0 fully saturated rings. The summed E-state index contributed by atoms with van der Waals surface area (Å²) >= 11 is 0. The summed E-state index contributed by atoms with van der Waals surface area (Å²) in [6.07, 6.45) is 0. The van der Waals surface area contributed by atoms with Crippen LogP contribution in [0.3, 0.4) is 0 Å². The third-order valence-corrected chi connectivity index (χ3v) is 2.99. The molecule has 0 radical (unpaired) electrons. The zero-order valence-electron chi connectivity index (χ0n) is 9.42. The predicted octanol–water partition coefficient (Wildman–Crippen LogP) is 3.37. The molecule has 4 aromatic rings. The number of nitrogens with one attached hydrogen (secondary N) is 1. The fourth-order valence-electron chi connectivity index (χ4n) is 2.12. The molecule has 0 aliphatic heterocycles. The molecular weight excluding hydrogens is 226 g/mol. The van der Waals surface area contributed by atoms with Gasteiger partial charge in [-0.1, -0.05) is 29.4 Å². The lowest BCUT2D eigenvalue weighted by molar-refractivity contribution is 0.459. The molecule has 18 heavy (non-hydrogen) atoms. The van der Waals surface area contributed by atoms with Crippen LogP contribution in [-0.4, -0.2) is 15.1 Å². The molecule has 0 saturated carbocycles. The van der Waals surface area contributed by atoms with E-state index in [-0.39, 0.29) is 0 Å². The van der Waals surface area contributed by atoms with Crippen molar-refractivity contribution in [3.63, 3.8) is 0 Å². The van der Waals surface area contributed by atoms with E-state index in [0.717, 1.165) is 33.5 Å². The largest absolute Gasteiger partial charge is 0.356 e. The first-order valence-electron chi connectivity index (χ1n) is 5.71. The van der Waals surface area contributed by atoms with Gasteiger partial charge < -0.3 is 9.51 Å². The van der Waals surface area contributed by atoms with Crippen LogP contribution in [0.15, 0.2) is 53.1 Å². The Morgan fingerprint density at radius 3 is 2.72 bits per heavy atom. The minimum atomic E-state index is 0.737. The Labute approximate surface area is 102 Å². The van der Waals surface area contributed by atoms with Gasteiger partial charge in [0.05, 0.1) is 16.4 Å². The second kappa shape index (κ2) is 3.43. The predicted molar refractivity (Wildman–Crippen MR) is 69.1 cm³/mol. The molecule has 1 N–H and O–H groups in total. The van der Waals surface area contributed by atoms with Gasteiger partial charge in [-0.15, -0.1) is 0 Å². The number of aromatic amines is 1. The van der Waals surface area contributed by atoms with Gasteiger partial charge in [0.1, 0.15) is 0 Å². The van der Waals surface area contributed by atoms with Gasteiger partial charge in [-0.25, -0.2) is 4.98 Å². The molecule has 2 aromatic heterocycles. The average Bonchev–Trinajstić information content (AvgIpc) is 3.02. The molecule has 4 heteroatoms. The van der Waals surface area contributed by atoms with Crippen LogP contribution in [0.1, 0.15) is 0 Å². The van der Waals surface area contributed by atoms with E-state index in [2.05, 4.69) is 15.1 Å². The molecule has 2 aromatic carbocycles. The molecule has 0 atom stereocenters. The van der Waals surface area contributed by atoms with E-state index >= 15 is 0 Å². The Kier molecular flexibility index (Phi) is 1.80. The summed E-state index contributed by atoms with van der Waals surface area (Å²) in [5.41, 5.74) is 3.45. The Morgan fingerprint density at radius 1 is 0.944 bits per heavy atom. The zero-order valence-corrected chi connectivity index (χ0v) is 9.42. The van der Waals surface area contributed by atoms with Gasteiger partial charge in [-0.2, -0.15) is 0 Å². The second-order valence-electron chi connectivity index (χ2n) is 4.13. The summed E-state index contributed by atoms with van der Waals surface area (Å²) < 4.78 is 5.29. The summed E-state index contributed by atoms with van der Waals surface area (Å²) in [4.78, 5) is 7.78. The van der Waals surface area contributed by atoms with Crippen molar-refractivity contribution >= 4 is 22.0 Å². The maximum Gasteiger partial charge on any atom is 0.167 e. The van der Waals surface area contributed by atoms with Crippen molar-refractivity contribution in [2.24, 2.45) is 0 Å². The van der Waals surface area contributed by atoms with Gasteiger partial charge in [0, 0.05) is 0 Å². The van der Waals surface area contributed by atoms with E-state index in [1.54, 1.807) is 0 Å². The summed E-state index contributed by atoms with van der Waals surface area (Å²) in [7, 11) is 0. The maximum absolute atomic E-state index is 5.29. The number of para-hydroxylation sites is 3. The number of hydrogen-bond acceptors (Lipinski definition) is 3. The van der Waals surface area contributed by atoms with E-state index in [1.807, 2.05) is 48.5 Å². The lowest BCUT2D eigenvalue weighted by atomic mass is 10.2. The number of H-pyrrole nitrogens is 1. The van der Waals surface area contributed by atoms with Crippen LogP contribution in [0.2, 0.25) is 0 Å². The van der Waals surface area contributed by atoms with Crippen molar-refractivity contribution in [2.75, 3.05) is 0 Å². The fourth-order valence-corrected chi connectivity index (χ4v) is 2.12. The van der Waals surface area contributed by atoms with E-state index in [4.69, 9.17) is 4.52 Å². The average molecular weight is 235 g/mol. The third kappa shape index (κ3) is 1.26. The minimum Gasteiger partial charge on any atom is -0.356 e. The topological polar surface area (TPSA) is 54.7 Å². The number of hydrogen-bond donors (Lipinski definition) is 1. The minimum absolute atomic E-state index is 0.737. The van der Waals surface area contributed by atoms with Crippen molar-refractivity contribution in [1.82, 2.24) is 15.1 Å². The van der Waals surface area contributed by atoms with Crippen molar-refractivity contribution in [1.29, 1.82) is 0 Å². The van der Waals surface area contributed by atoms with E-state index in [9.17, 15) is 0 Å². The number of aromatic nitrogens is 3. The number of benzene rings is 2. The van der Waals surface area contributed by atoms with Gasteiger partial charge in [0.25, 0.3) is 0 Å². The van der Waals surface area contributed by atoms with E-state index < -0.39 is 0 Å². The van der Waals surface area contributed by atoms with Crippen molar-refractivity contribution in [3.8, 4) is 11.5 Å². The first kappa shape index (κ1) is 9.41. The second-order valence-corrected chi connectivity index (χ2v) is 4.13. The normalized spacial score (nSPS) is 11.3. The van der Waals surface area contributed by atoms with Crippen molar-refractivity contribution in [3.05, 3.63) is 48.5 Å². The fraction of sp³-hybridized carbons (Fsp3) is 0. The highest BCUT2D eigenvalue weighted by Crippen LogP contribution is 2.27. The lowest BCUT2D eigenvalue weighted by Gasteiger charge is -1.89. The van der Waals surface area contributed by atoms with Crippen LogP contribution < -0.4 is 0 Å². The zero-order chi connectivity index (χ0) is 11.9. The van der Waals surface area contributed by atoms with Gasteiger partial charge in [0.15, 0.2) is 17.1 Å². The Hall–Kier alpha value is -2.62. The first-order chi connectivity index (χ1) is 8.92. The molecule has 4 nitrogen and oxygen atoms in total. The monoisotopic (exact) mass is 235 g/mol. The number of fused-ring (bicyclic) bond motifs is 2. The molecule has 0 aliphatic carbocycles. The molecule has 0 aliphatic rings. The third-order valence-electron chi connectivity index (χ3n) is 2.99. The maximum atomic E-state index is 5.29. The SMILES string of the molecule is c1ccc2[nH]c(-c3noc4ccccc34)nc2c1. The summed E-state index contributed by atoms with van der Waals surface area (Å²) in [5.74, 6) is 0.737. The van der Waals surface area contributed by atoms with Gasteiger partial charge in [0.2, 0.25) is 0 Å².